The summed E-state index contributed by atoms with van der Waals surface area (Å²) in [6.45, 7) is 1.31. The van der Waals surface area contributed by atoms with E-state index in [1.807, 2.05) is 19.2 Å². The molecule has 0 bridgehead atoms. The molecule has 15 heavy (non-hydrogen) atoms. The molecule has 0 saturated heterocycles. The molecule has 0 amide bonds. The molecule has 0 unspecified atom stereocenters. The summed E-state index contributed by atoms with van der Waals surface area (Å²) < 4.78 is 0. The van der Waals surface area contributed by atoms with Crippen LogP contribution in [0.15, 0.2) is 12.1 Å². The van der Waals surface area contributed by atoms with Gasteiger partial charge in [0.2, 0.25) is 0 Å². The first-order valence-corrected chi connectivity index (χ1v) is 5.16. The molecule has 0 spiro atoms. The van der Waals surface area contributed by atoms with Crippen LogP contribution in [0.1, 0.15) is 17.5 Å². The SMILES string of the molecule is CN1CCCc2c1ccc(CNO)c2O. The summed E-state index contributed by atoms with van der Waals surface area (Å²) in [4.78, 5) is 2.15. The van der Waals surface area contributed by atoms with Gasteiger partial charge in [-0.25, -0.2) is 5.48 Å². The van der Waals surface area contributed by atoms with Crippen molar-refractivity contribution in [1.29, 1.82) is 0 Å². The summed E-state index contributed by atoms with van der Waals surface area (Å²) in [5, 5.41) is 18.6. The van der Waals surface area contributed by atoms with Gasteiger partial charge in [0.25, 0.3) is 0 Å². The van der Waals surface area contributed by atoms with Gasteiger partial charge >= 0.3 is 0 Å². The van der Waals surface area contributed by atoms with Crippen LogP contribution < -0.4 is 10.4 Å². The summed E-state index contributed by atoms with van der Waals surface area (Å²) in [6, 6.07) is 3.85. The van der Waals surface area contributed by atoms with E-state index >= 15 is 0 Å². The van der Waals surface area contributed by atoms with E-state index in [1.165, 1.54) is 0 Å². The third-order valence-electron chi connectivity index (χ3n) is 2.94. The molecule has 1 heterocycles. The van der Waals surface area contributed by atoms with E-state index in [-0.39, 0.29) is 6.54 Å². The van der Waals surface area contributed by atoms with E-state index in [9.17, 15) is 5.11 Å². The fourth-order valence-electron chi connectivity index (χ4n) is 2.12. The van der Waals surface area contributed by atoms with Crippen molar-refractivity contribution in [3.8, 4) is 5.75 Å². The maximum atomic E-state index is 10.0. The van der Waals surface area contributed by atoms with Crippen LogP contribution in [0, 0.1) is 0 Å². The first-order chi connectivity index (χ1) is 7.24. The Morgan fingerprint density at radius 3 is 3.00 bits per heavy atom. The van der Waals surface area contributed by atoms with E-state index in [4.69, 9.17) is 5.21 Å². The Morgan fingerprint density at radius 1 is 1.47 bits per heavy atom. The standard InChI is InChI=1S/C11H16N2O2/c1-13-6-2-3-9-10(13)5-4-8(7-12-15)11(9)14/h4-5,12,14-15H,2-3,6-7H2,1H3. The second-order valence-electron chi connectivity index (χ2n) is 3.93. The number of rotatable bonds is 2. The van der Waals surface area contributed by atoms with Gasteiger partial charge in [0.15, 0.2) is 0 Å². The van der Waals surface area contributed by atoms with Crippen molar-refractivity contribution in [2.75, 3.05) is 18.5 Å². The second kappa shape index (κ2) is 4.08. The number of hydrogen-bond acceptors (Lipinski definition) is 4. The van der Waals surface area contributed by atoms with Gasteiger partial charge in [-0.15, -0.1) is 0 Å². The van der Waals surface area contributed by atoms with Crippen LogP contribution >= 0.6 is 0 Å². The van der Waals surface area contributed by atoms with Crippen LogP contribution in [0.4, 0.5) is 5.69 Å². The molecular formula is C11H16N2O2. The molecule has 4 heteroatoms. The highest BCUT2D eigenvalue weighted by atomic mass is 16.5. The lowest BCUT2D eigenvalue weighted by atomic mass is 9.98. The summed E-state index contributed by atoms with van der Waals surface area (Å²) >= 11 is 0. The molecule has 1 aromatic rings. The zero-order chi connectivity index (χ0) is 10.8. The Kier molecular flexibility index (Phi) is 2.79. The first-order valence-electron chi connectivity index (χ1n) is 5.16. The van der Waals surface area contributed by atoms with Crippen LogP contribution in [0.5, 0.6) is 5.75 Å². The average molecular weight is 208 g/mol. The predicted octanol–water partition coefficient (Wildman–Crippen LogP) is 1.25. The second-order valence-corrected chi connectivity index (χ2v) is 3.93. The van der Waals surface area contributed by atoms with Gasteiger partial charge in [-0.1, -0.05) is 6.07 Å². The average Bonchev–Trinajstić information content (AvgIpc) is 2.23. The lowest BCUT2D eigenvalue weighted by molar-refractivity contribution is 0.160. The monoisotopic (exact) mass is 208 g/mol. The molecule has 0 saturated carbocycles. The fourth-order valence-corrected chi connectivity index (χ4v) is 2.12. The van der Waals surface area contributed by atoms with Crippen molar-refractivity contribution < 1.29 is 10.3 Å². The van der Waals surface area contributed by atoms with Gasteiger partial charge in [-0.05, 0) is 18.9 Å². The summed E-state index contributed by atoms with van der Waals surface area (Å²) in [5.74, 6) is 0.320. The van der Waals surface area contributed by atoms with Gasteiger partial charge in [0, 0.05) is 37.0 Å². The van der Waals surface area contributed by atoms with Gasteiger partial charge < -0.3 is 15.2 Å². The van der Waals surface area contributed by atoms with Crippen LogP contribution in [-0.2, 0) is 13.0 Å². The molecule has 4 nitrogen and oxygen atoms in total. The lowest BCUT2D eigenvalue weighted by Gasteiger charge is -2.28. The molecule has 0 aromatic heterocycles. The van der Waals surface area contributed by atoms with Crippen molar-refractivity contribution in [3.05, 3.63) is 23.3 Å². The Bertz CT molecular complexity index is 366. The Morgan fingerprint density at radius 2 is 2.27 bits per heavy atom. The number of hydrogen-bond donors (Lipinski definition) is 3. The van der Waals surface area contributed by atoms with Gasteiger partial charge in [0.05, 0.1) is 0 Å². The maximum absolute atomic E-state index is 10.0. The van der Waals surface area contributed by atoms with Crippen molar-refractivity contribution in [1.82, 2.24) is 5.48 Å². The third kappa shape index (κ3) is 1.78. The molecule has 1 aliphatic rings. The minimum Gasteiger partial charge on any atom is -0.507 e. The number of nitrogens with zero attached hydrogens (tertiary/aromatic N) is 1. The first kappa shape index (κ1) is 10.3. The van der Waals surface area contributed by atoms with Crippen molar-refractivity contribution in [2.45, 2.75) is 19.4 Å². The highest BCUT2D eigenvalue weighted by Gasteiger charge is 2.18. The molecule has 3 N–H and O–H groups in total. The molecule has 0 atom stereocenters. The highest BCUT2D eigenvalue weighted by Crippen LogP contribution is 2.35. The number of phenolic OH excluding ortho intramolecular Hbond substituents is 1. The quantitative estimate of drug-likeness (QED) is 0.640. The zero-order valence-electron chi connectivity index (χ0n) is 8.82. The fraction of sp³-hybridized carbons (Fsp3) is 0.455. The topological polar surface area (TPSA) is 55.7 Å². The van der Waals surface area contributed by atoms with E-state index in [2.05, 4.69) is 10.4 Å². The molecule has 1 aromatic carbocycles. The van der Waals surface area contributed by atoms with Crippen LogP contribution in [0.25, 0.3) is 0 Å². The number of benzene rings is 1. The lowest BCUT2D eigenvalue weighted by Crippen LogP contribution is -2.25. The van der Waals surface area contributed by atoms with Gasteiger partial charge in [-0.2, -0.15) is 0 Å². The van der Waals surface area contributed by atoms with E-state index in [1.54, 1.807) is 0 Å². The summed E-state index contributed by atoms with van der Waals surface area (Å²) in [6.07, 6.45) is 1.97. The number of hydroxylamine groups is 1. The van der Waals surface area contributed by atoms with Gasteiger partial charge in [-0.3, -0.25) is 0 Å². The number of phenols is 1. The van der Waals surface area contributed by atoms with Crippen molar-refractivity contribution in [2.24, 2.45) is 0 Å². The Labute approximate surface area is 89.1 Å². The molecule has 0 radical (unpaired) electrons. The highest BCUT2D eigenvalue weighted by molar-refractivity contribution is 5.62. The summed E-state index contributed by atoms with van der Waals surface area (Å²) in [7, 11) is 2.03. The molecule has 82 valence electrons. The third-order valence-corrected chi connectivity index (χ3v) is 2.94. The normalized spacial score (nSPS) is 15.2. The number of nitrogens with one attached hydrogen (secondary N) is 1. The van der Waals surface area contributed by atoms with Crippen molar-refractivity contribution >= 4 is 5.69 Å². The zero-order valence-corrected chi connectivity index (χ0v) is 8.82. The molecule has 0 aliphatic carbocycles. The van der Waals surface area contributed by atoms with E-state index in [0.717, 1.165) is 36.2 Å². The number of anilines is 1. The molecule has 2 rings (SSSR count). The number of aromatic hydroxyl groups is 1. The van der Waals surface area contributed by atoms with E-state index in [0.29, 0.717) is 5.75 Å². The van der Waals surface area contributed by atoms with Crippen LogP contribution in [0.2, 0.25) is 0 Å². The minimum absolute atomic E-state index is 0.281. The Balaban J connectivity index is 2.42. The summed E-state index contributed by atoms with van der Waals surface area (Å²) in [5.41, 5.74) is 4.91. The van der Waals surface area contributed by atoms with Crippen LogP contribution in [0.3, 0.4) is 0 Å². The van der Waals surface area contributed by atoms with Gasteiger partial charge in [0.1, 0.15) is 5.75 Å². The molecule has 0 fully saturated rings. The maximum Gasteiger partial charge on any atom is 0.125 e. The van der Waals surface area contributed by atoms with Crippen LogP contribution in [-0.4, -0.2) is 23.9 Å². The van der Waals surface area contributed by atoms with E-state index < -0.39 is 0 Å². The Hall–Kier alpha value is -1.26. The van der Waals surface area contributed by atoms with Crippen molar-refractivity contribution in [3.63, 3.8) is 0 Å². The molecular weight excluding hydrogens is 192 g/mol. The largest absolute Gasteiger partial charge is 0.507 e. The molecule has 1 aliphatic heterocycles. The minimum atomic E-state index is 0.281. The number of fused-ring (bicyclic) bond motifs is 1. The predicted molar refractivity (Wildman–Crippen MR) is 58.3 cm³/mol. The smallest absolute Gasteiger partial charge is 0.125 e.